The van der Waals surface area contributed by atoms with Gasteiger partial charge in [0.2, 0.25) is 0 Å². The summed E-state index contributed by atoms with van der Waals surface area (Å²) in [5.41, 5.74) is 0. The number of benzene rings is 1. The van der Waals surface area contributed by atoms with E-state index in [-0.39, 0.29) is 12.4 Å². The summed E-state index contributed by atoms with van der Waals surface area (Å²) in [6.07, 6.45) is 0. The highest BCUT2D eigenvalue weighted by molar-refractivity contribution is 7.53. The Morgan fingerprint density at radius 3 is 2.47 bits per heavy atom. The Bertz CT molecular complexity index is 374. The Morgan fingerprint density at radius 2 is 1.93 bits per heavy atom. The summed E-state index contributed by atoms with van der Waals surface area (Å²) in [5.74, 6) is 0.278. The van der Waals surface area contributed by atoms with E-state index in [0.29, 0.717) is 5.75 Å². The second-order valence-corrected chi connectivity index (χ2v) is 5.13. The first-order chi connectivity index (χ1) is 6.99. The molecule has 0 N–H and O–H groups in total. The van der Waals surface area contributed by atoms with Crippen molar-refractivity contribution in [1.82, 2.24) is 0 Å². The van der Waals surface area contributed by atoms with Crippen LogP contribution in [0.4, 0.5) is 0 Å². The van der Waals surface area contributed by atoms with Crippen LogP contribution < -0.4 is 4.52 Å². The summed E-state index contributed by atoms with van der Waals surface area (Å²) in [7, 11) is -3.19. The van der Waals surface area contributed by atoms with Crippen LogP contribution in [0.25, 0.3) is 0 Å². The van der Waals surface area contributed by atoms with E-state index in [1.807, 2.05) is 6.07 Å². The molecule has 1 rings (SSSR count). The Hall–Kier alpha value is -1.12. The summed E-state index contributed by atoms with van der Waals surface area (Å²) in [5, 5.41) is 0. The number of ketones is 1. The largest absolute Gasteiger partial charge is 0.425 e. The summed E-state index contributed by atoms with van der Waals surface area (Å²) in [6.45, 7) is 2.51. The number of para-hydroxylation sites is 1. The third kappa shape index (κ3) is 4.77. The maximum absolute atomic E-state index is 11.7. The maximum atomic E-state index is 11.7. The van der Waals surface area contributed by atoms with Gasteiger partial charge in [0.25, 0.3) is 0 Å². The fraction of sp³-hybridized carbons (Fsp3) is 0.300. The van der Waals surface area contributed by atoms with Crippen molar-refractivity contribution in [2.24, 2.45) is 0 Å². The first kappa shape index (κ1) is 12.0. The van der Waals surface area contributed by atoms with Gasteiger partial charge in [-0.15, -0.1) is 0 Å². The van der Waals surface area contributed by atoms with Crippen LogP contribution in [0.1, 0.15) is 6.92 Å². The zero-order valence-electron chi connectivity index (χ0n) is 8.67. The van der Waals surface area contributed by atoms with E-state index in [2.05, 4.69) is 0 Å². The highest BCUT2D eigenvalue weighted by Crippen LogP contribution is 2.43. The third-order valence-corrected chi connectivity index (χ3v) is 2.66. The highest BCUT2D eigenvalue weighted by Gasteiger charge is 2.18. The molecule has 5 heteroatoms. The number of hydrogen-bond donors (Lipinski definition) is 0. The summed E-state index contributed by atoms with van der Waals surface area (Å²) < 4.78 is 21.7. The van der Waals surface area contributed by atoms with E-state index >= 15 is 0 Å². The molecule has 0 radical (unpaired) electrons. The zero-order valence-corrected chi connectivity index (χ0v) is 9.57. The lowest BCUT2D eigenvalue weighted by atomic mass is 10.3. The number of rotatable bonds is 5. The SMILES string of the molecule is CC(=O)COP(C)(=O)Oc1ccccc1. The summed E-state index contributed by atoms with van der Waals surface area (Å²) in [6, 6.07) is 8.70. The molecule has 1 unspecified atom stereocenters. The minimum Gasteiger partial charge on any atom is -0.425 e. The standard InChI is InChI=1S/C10H13O4P/c1-9(11)8-13-15(2,12)14-10-6-4-3-5-7-10/h3-7H,8H2,1-2H3. The van der Waals surface area contributed by atoms with Gasteiger partial charge in [-0.3, -0.25) is 9.32 Å². The highest BCUT2D eigenvalue weighted by atomic mass is 31.2. The molecule has 1 aromatic rings. The lowest BCUT2D eigenvalue weighted by molar-refractivity contribution is -0.119. The molecule has 0 saturated carbocycles. The fourth-order valence-electron chi connectivity index (χ4n) is 0.907. The molecule has 0 saturated heterocycles. The van der Waals surface area contributed by atoms with Gasteiger partial charge in [-0.05, 0) is 19.1 Å². The van der Waals surface area contributed by atoms with Gasteiger partial charge in [0, 0.05) is 6.66 Å². The maximum Gasteiger partial charge on any atom is 0.376 e. The Labute approximate surface area is 88.7 Å². The van der Waals surface area contributed by atoms with Crippen molar-refractivity contribution in [3.05, 3.63) is 30.3 Å². The van der Waals surface area contributed by atoms with Crippen molar-refractivity contribution in [3.8, 4) is 5.75 Å². The second kappa shape index (κ2) is 5.10. The smallest absolute Gasteiger partial charge is 0.376 e. The number of Topliss-reactive ketones (excluding diaryl/α,β-unsaturated/α-hetero) is 1. The molecular weight excluding hydrogens is 215 g/mol. The Morgan fingerprint density at radius 1 is 1.33 bits per heavy atom. The molecule has 0 spiro atoms. The van der Waals surface area contributed by atoms with Gasteiger partial charge in [-0.2, -0.15) is 0 Å². The van der Waals surface area contributed by atoms with E-state index in [0.717, 1.165) is 0 Å². The molecule has 0 fully saturated rings. The van der Waals surface area contributed by atoms with Crippen LogP contribution in [0.5, 0.6) is 5.75 Å². The lowest BCUT2D eigenvalue weighted by Gasteiger charge is -2.14. The fourth-order valence-corrected chi connectivity index (χ4v) is 1.88. The predicted molar refractivity (Wildman–Crippen MR) is 57.2 cm³/mol. The lowest BCUT2D eigenvalue weighted by Crippen LogP contribution is -2.04. The van der Waals surface area contributed by atoms with Crippen molar-refractivity contribution in [3.63, 3.8) is 0 Å². The van der Waals surface area contributed by atoms with E-state index in [1.54, 1.807) is 24.3 Å². The van der Waals surface area contributed by atoms with Crippen LogP contribution >= 0.6 is 7.60 Å². The minimum absolute atomic E-state index is 0.186. The molecule has 0 aliphatic rings. The van der Waals surface area contributed by atoms with Gasteiger partial charge < -0.3 is 4.52 Å². The Balaban J connectivity index is 2.57. The molecule has 82 valence electrons. The Kier molecular flexibility index (Phi) is 4.06. The first-order valence-electron chi connectivity index (χ1n) is 4.46. The predicted octanol–water partition coefficient (Wildman–Crippen LogP) is 2.49. The van der Waals surface area contributed by atoms with Crippen LogP contribution in [0, 0.1) is 0 Å². The van der Waals surface area contributed by atoms with Crippen LogP contribution in [0.2, 0.25) is 0 Å². The van der Waals surface area contributed by atoms with Crippen molar-refractivity contribution < 1.29 is 18.4 Å². The van der Waals surface area contributed by atoms with Crippen molar-refractivity contribution in [2.45, 2.75) is 6.92 Å². The van der Waals surface area contributed by atoms with Gasteiger partial charge in [-0.25, -0.2) is 4.57 Å². The average Bonchev–Trinajstić information content (AvgIpc) is 2.16. The molecule has 0 aliphatic carbocycles. The monoisotopic (exact) mass is 228 g/mol. The minimum atomic E-state index is -3.19. The summed E-state index contributed by atoms with van der Waals surface area (Å²) >= 11 is 0. The normalized spacial score (nSPS) is 14.3. The number of carbonyl (C=O) groups excluding carboxylic acids is 1. The van der Waals surface area contributed by atoms with Gasteiger partial charge in [0.05, 0.1) is 0 Å². The van der Waals surface area contributed by atoms with Crippen molar-refractivity contribution in [1.29, 1.82) is 0 Å². The molecule has 0 bridgehead atoms. The van der Waals surface area contributed by atoms with Crippen molar-refractivity contribution in [2.75, 3.05) is 13.3 Å². The quantitative estimate of drug-likeness (QED) is 0.726. The molecule has 15 heavy (non-hydrogen) atoms. The van der Waals surface area contributed by atoms with Crippen LogP contribution in [0.3, 0.4) is 0 Å². The zero-order chi connectivity index (χ0) is 11.3. The first-order valence-corrected chi connectivity index (χ1v) is 6.45. The van der Waals surface area contributed by atoms with Crippen LogP contribution in [0.15, 0.2) is 30.3 Å². The topological polar surface area (TPSA) is 52.6 Å². The summed E-state index contributed by atoms with van der Waals surface area (Å²) in [4.78, 5) is 10.6. The molecule has 1 atom stereocenters. The third-order valence-electron chi connectivity index (χ3n) is 1.52. The van der Waals surface area contributed by atoms with E-state index < -0.39 is 7.60 Å². The molecule has 0 aliphatic heterocycles. The number of carbonyl (C=O) groups is 1. The van der Waals surface area contributed by atoms with E-state index in [4.69, 9.17) is 9.05 Å². The molecule has 0 amide bonds. The van der Waals surface area contributed by atoms with Crippen molar-refractivity contribution >= 4 is 13.4 Å². The molecule has 4 nitrogen and oxygen atoms in total. The molecule has 0 aromatic heterocycles. The molecule has 0 heterocycles. The van der Waals surface area contributed by atoms with Crippen LogP contribution in [-0.4, -0.2) is 19.1 Å². The van der Waals surface area contributed by atoms with Gasteiger partial charge in [0.15, 0.2) is 5.78 Å². The number of hydrogen-bond acceptors (Lipinski definition) is 4. The van der Waals surface area contributed by atoms with Gasteiger partial charge >= 0.3 is 7.60 Å². The van der Waals surface area contributed by atoms with Gasteiger partial charge in [0.1, 0.15) is 12.4 Å². The average molecular weight is 228 g/mol. The molecule has 1 aromatic carbocycles. The van der Waals surface area contributed by atoms with Crippen LogP contribution in [-0.2, 0) is 13.9 Å². The van der Waals surface area contributed by atoms with E-state index in [9.17, 15) is 9.36 Å². The van der Waals surface area contributed by atoms with Gasteiger partial charge in [-0.1, -0.05) is 18.2 Å². The molecular formula is C10H13O4P. The van der Waals surface area contributed by atoms with E-state index in [1.165, 1.54) is 13.6 Å². The second-order valence-electron chi connectivity index (χ2n) is 3.15.